The van der Waals surface area contributed by atoms with Crippen LogP contribution < -0.4 is 0 Å². The average molecular weight is 305 g/mol. The molecule has 3 nitrogen and oxygen atoms in total. The van der Waals surface area contributed by atoms with Crippen LogP contribution in [0.25, 0.3) is 22.4 Å². The van der Waals surface area contributed by atoms with Crippen LogP contribution in [0.2, 0.25) is 10.0 Å². The first-order chi connectivity index (χ1) is 9.60. The monoisotopic (exact) mass is 304 g/mol. The summed E-state index contributed by atoms with van der Waals surface area (Å²) in [4.78, 5) is 15.3. The highest BCUT2D eigenvalue weighted by Crippen LogP contribution is 2.30. The summed E-state index contributed by atoms with van der Waals surface area (Å²) in [7, 11) is 1.92. The van der Waals surface area contributed by atoms with E-state index in [0.717, 1.165) is 28.7 Å². The Bertz CT molecular complexity index is 807. The molecule has 0 atom stereocenters. The van der Waals surface area contributed by atoms with Crippen LogP contribution in [-0.2, 0) is 7.05 Å². The molecule has 0 saturated heterocycles. The van der Waals surface area contributed by atoms with Crippen LogP contribution in [0, 0.1) is 0 Å². The van der Waals surface area contributed by atoms with Crippen molar-refractivity contribution in [3.63, 3.8) is 0 Å². The SMILES string of the molecule is Cn1c(-c2ccc(C=O)cc2)nc2cc(Cl)c(Cl)cc21. The van der Waals surface area contributed by atoms with E-state index in [1.165, 1.54) is 0 Å². The van der Waals surface area contributed by atoms with Gasteiger partial charge in [-0.3, -0.25) is 4.79 Å². The molecule has 0 aliphatic heterocycles. The number of halogens is 2. The Balaban J connectivity index is 2.20. The predicted octanol–water partition coefficient (Wildman–Crippen LogP) is 4.36. The molecule has 0 unspecified atom stereocenters. The van der Waals surface area contributed by atoms with Gasteiger partial charge in [0.2, 0.25) is 0 Å². The minimum Gasteiger partial charge on any atom is -0.327 e. The largest absolute Gasteiger partial charge is 0.327 e. The van der Waals surface area contributed by atoms with Crippen molar-refractivity contribution >= 4 is 40.5 Å². The van der Waals surface area contributed by atoms with Gasteiger partial charge in [-0.05, 0) is 12.1 Å². The van der Waals surface area contributed by atoms with Crippen molar-refractivity contribution in [2.45, 2.75) is 0 Å². The number of carbonyl (C=O) groups is 1. The van der Waals surface area contributed by atoms with Crippen molar-refractivity contribution in [2.75, 3.05) is 0 Å². The summed E-state index contributed by atoms with van der Waals surface area (Å²) >= 11 is 12.1. The number of nitrogens with zero attached hydrogens (tertiary/aromatic N) is 2. The number of aldehydes is 1. The van der Waals surface area contributed by atoms with E-state index in [1.807, 2.05) is 23.7 Å². The normalized spacial score (nSPS) is 10.9. The molecule has 0 amide bonds. The van der Waals surface area contributed by atoms with Gasteiger partial charge in [0.05, 0.1) is 21.1 Å². The Hall–Kier alpha value is -1.84. The summed E-state index contributed by atoms with van der Waals surface area (Å²) in [6.07, 6.45) is 0.818. The lowest BCUT2D eigenvalue weighted by molar-refractivity contribution is 0.112. The summed E-state index contributed by atoms with van der Waals surface area (Å²) in [5, 5.41) is 0.991. The van der Waals surface area contributed by atoms with Gasteiger partial charge >= 0.3 is 0 Å². The van der Waals surface area contributed by atoms with Gasteiger partial charge in [-0.1, -0.05) is 47.5 Å². The first-order valence-corrected chi connectivity index (χ1v) is 6.73. The van der Waals surface area contributed by atoms with E-state index in [-0.39, 0.29) is 0 Å². The Labute approximate surface area is 125 Å². The molecule has 0 aliphatic carbocycles. The average Bonchev–Trinajstić information content (AvgIpc) is 2.77. The maximum absolute atomic E-state index is 10.7. The van der Waals surface area contributed by atoms with E-state index in [0.29, 0.717) is 15.6 Å². The second-order valence-electron chi connectivity index (χ2n) is 4.49. The lowest BCUT2D eigenvalue weighted by atomic mass is 10.1. The van der Waals surface area contributed by atoms with Crippen LogP contribution in [0.15, 0.2) is 36.4 Å². The Morgan fingerprint density at radius 2 is 1.75 bits per heavy atom. The molecule has 0 spiro atoms. The van der Waals surface area contributed by atoms with Crippen molar-refractivity contribution < 1.29 is 4.79 Å². The van der Waals surface area contributed by atoms with E-state index in [9.17, 15) is 4.79 Å². The predicted molar refractivity (Wildman–Crippen MR) is 81.6 cm³/mol. The molecule has 2 aromatic carbocycles. The number of aryl methyl sites for hydroxylation is 1. The molecular weight excluding hydrogens is 295 g/mol. The zero-order valence-corrected chi connectivity index (χ0v) is 12.1. The molecule has 0 fully saturated rings. The van der Waals surface area contributed by atoms with Gasteiger partial charge in [0.25, 0.3) is 0 Å². The zero-order chi connectivity index (χ0) is 14.3. The van der Waals surface area contributed by atoms with Gasteiger partial charge < -0.3 is 4.57 Å². The van der Waals surface area contributed by atoms with Crippen LogP contribution in [0.4, 0.5) is 0 Å². The van der Waals surface area contributed by atoms with Gasteiger partial charge in [0.1, 0.15) is 12.1 Å². The van der Waals surface area contributed by atoms with Crippen molar-refractivity contribution in [1.29, 1.82) is 0 Å². The van der Waals surface area contributed by atoms with E-state index < -0.39 is 0 Å². The first kappa shape index (κ1) is 13.2. The number of imidazole rings is 1. The Morgan fingerprint density at radius 3 is 2.40 bits per heavy atom. The number of aromatic nitrogens is 2. The van der Waals surface area contributed by atoms with E-state index in [2.05, 4.69) is 4.98 Å². The van der Waals surface area contributed by atoms with Crippen LogP contribution in [0.5, 0.6) is 0 Å². The number of hydrogen-bond acceptors (Lipinski definition) is 2. The lowest BCUT2D eigenvalue weighted by Crippen LogP contribution is -1.92. The number of carbonyl (C=O) groups excluding carboxylic acids is 1. The highest BCUT2D eigenvalue weighted by atomic mass is 35.5. The molecule has 3 aromatic rings. The summed E-state index contributed by atoms with van der Waals surface area (Å²) < 4.78 is 1.95. The number of hydrogen-bond donors (Lipinski definition) is 0. The first-order valence-electron chi connectivity index (χ1n) is 5.97. The lowest BCUT2D eigenvalue weighted by Gasteiger charge is -2.03. The fourth-order valence-electron chi connectivity index (χ4n) is 2.16. The molecule has 5 heteroatoms. The summed E-state index contributed by atoms with van der Waals surface area (Å²) in [6.45, 7) is 0. The minimum atomic E-state index is 0.486. The van der Waals surface area contributed by atoms with Gasteiger partial charge in [0, 0.05) is 18.2 Å². The van der Waals surface area contributed by atoms with Crippen LogP contribution in [0.1, 0.15) is 10.4 Å². The van der Waals surface area contributed by atoms with Gasteiger partial charge in [0.15, 0.2) is 0 Å². The maximum atomic E-state index is 10.7. The highest BCUT2D eigenvalue weighted by molar-refractivity contribution is 6.42. The molecule has 0 aliphatic rings. The molecule has 1 aromatic heterocycles. The molecule has 1 heterocycles. The number of fused-ring (bicyclic) bond motifs is 1. The summed E-state index contributed by atoms with van der Waals surface area (Å²) in [5.74, 6) is 0.802. The molecule has 0 bridgehead atoms. The highest BCUT2D eigenvalue weighted by Gasteiger charge is 2.12. The number of rotatable bonds is 2. The summed E-state index contributed by atoms with van der Waals surface area (Å²) in [6, 6.07) is 10.8. The van der Waals surface area contributed by atoms with E-state index >= 15 is 0 Å². The van der Waals surface area contributed by atoms with E-state index in [4.69, 9.17) is 23.2 Å². The van der Waals surface area contributed by atoms with Crippen molar-refractivity contribution in [3.05, 3.63) is 52.0 Å². The maximum Gasteiger partial charge on any atom is 0.150 e. The summed E-state index contributed by atoms with van der Waals surface area (Å²) in [5.41, 5.74) is 3.27. The Morgan fingerprint density at radius 1 is 1.10 bits per heavy atom. The second kappa shape index (κ2) is 4.93. The molecule has 3 rings (SSSR count). The standard InChI is InChI=1S/C15H10Cl2N2O/c1-19-14-7-12(17)11(16)6-13(14)18-15(19)10-4-2-9(8-20)3-5-10/h2-8H,1H3. The fourth-order valence-corrected chi connectivity index (χ4v) is 2.47. The zero-order valence-electron chi connectivity index (χ0n) is 10.6. The minimum absolute atomic E-state index is 0.486. The van der Waals surface area contributed by atoms with Crippen molar-refractivity contribution in [2.24, 2.45) is 7.05 Å². The molecular formula is C15H10Cl2N2O. The van der Waals surface area contributed by atoms with Gasteiger partial charge in [-0.15, -0.1) is 0 Å². The Kier molecular flexibility index (Phi) is 3.24. The fraction of sp³-hybridized carbons (Fsp3) is 0.0667. The second-order valence-corrected chi connectivity index (χ2v) is 5.30. The quantitative estimate of drug-likeness (QED) is 0.659. The van der Waals surface area contributed by atoms with Crippen molar-refractivity contribution in [1.82, 2.24) is 9.55 Å². The van der Waals surface area contributed by atoms with Crippen molar-refractivity contribution in [3.8, 4) is 11.4 Å². The molecule has 100 valence electrons. The molecule has 0 N–H and O–H groups in total. The van der Waals surface area contributed by atoms with Gasteiger partial charge in [-0.25, -0.2) is 4.98 Å². The third kappa shape index (κ3) is 2.09. The smallest absolute Gasteiger partial charge is 0.150 e. The topological polar surface area (TPSA) is 34.9 Å². The van der Waals surface area contributed by atoms with Crippen LogP contribution in [-0.4, -0.2) is 15.8 Å². The third-order valence-corrected chi connectivity index (χ3v) is 3.95. The molecule has 0 radical (unpaired) electrons. The van der Waals surface area contributed by atoms with Gasteiger partial charge in [-0.2, -0.15) is 0 Å². The van der Waals surface area contributed by atoms with Crippen LogP contribution >= 0.6 is 23.2 Å². The molecule has 0 saturated carbocycles. The molecule has 20 heavy (non-hydrogen) atoms. The van der Waals surface area contributed by atoms with E-state index in [1.54, 1.807) is 24.3 Å². The van der Waals surface area contributed by atoms with Crippen LogP contribution in [0.3, 0.4) is 0 Å². The number of benzene rings is 2. The third-order valence-electron chi connectivity index (χ3n) is 3.23.